The number of carbonyl (C=O) groups excluding carboxylic acids is 2. The largest absolute Gasteiger partial charge is 0.491 e. The van der Waals surface area contributed by atoms with Crippen molar-refractivity contribution >= 4 is 17.5 Å². The summed E-state index contributed by atoms with van der Waals surface area (Å²) in [6.45, 7) is 5.64. The Labute approximate surface area is 187 Å². The highest BCUT2D eigenvalue weighted by Crippen LogP contribution is 2.26. The van der Waals surface area contributed by atoms with Crippen molar-refractivity contribution in [1.29, 1.82) is 0 Å². The van der Waals surface area contributed by atoms with E-state index >= 15 is 0 Å². The number of hydrogen-bond donors (Lipinski definition) is 2. The Morgan fingerprint density at radius 2 is 1.94 bits per heavy atom. The van der Waals surface area contributed by atoms with Crippen LogP contribution in [0.25, 0.3) is 0 Å². The van der Waals surface area contributed by atoms with E-state index in [9.17, 15) is 14.0 Å². The molecule has 7 nitrogen and oxygen atoms in total. The molecule has 0 unspecified atom stereocenters. The summed E-state index contributed by atoms with van der Waals surface area (Å²) in [5.41, 5.74) is 1.11. The van der Waals surface area contributed by atoms with Crippen molar-refractivity contribution in [3.8, 4) is 5.75 Å². The molecule has 2 amide bonds. The molecule has 172 valence electrons. The Morgan fingerprint density at radius 3 is 2.62 bits per heavy atom. The SMILES string of the molecule is CO[C@@H]1CN(C)C(=O)c2cc(NC(=O)c3ccc(F)cc3)ccc2OC[C@H](C)NC[C@H]1C. The third kappa shape index (κ3) is 5.83. The van der Waals surface area contributed by atoms with Crippen molar-refractivity contribution in [1.82, 2.24) is 10.2 Å². The van der Waals surface area contributed by atoms with Crippen LogP contribution in [0, 0.1) is 11.7 Å². The number of nitrogens with zero attached hydrogens (tertiary/aromatic N) is 1. The van der Waals surface area contributed by atoms with Crippen molar-refractivity contribution in [3.63, 3.8) is 0 Å². The van der Waals surface area contributed by atoms with E-state index in [0.29, 0.717) is 35.7 Å². The number of nitrogens with one attached hydrogen (secondary N) is 2. The monoisotopic (exact) mass is 443 g/mol. The van der Waals surface area contributed by atoms with Crippen molar-refractivity contribution in [2.24, 2.45) is 5.92 Å². The van der Waals surface area contributed by atoms with Gasteiger partial charge in [0.25, 0.3) is 11.8 Å². The lowest BCUT2D eigenvalue weighted by Gasteiger charge is -2.30. The van der Waals surface area contributed by atoms with Gasteiger partial charge in [-0.3, -0.25) is 9.59 Å². The summed E-state index contributed by atoms with van der Waals surface area (Å²) in [4.78, 5) is 27.4. The van der Waals surface area contributed by atoms with Gasteiger partial charge in [0, 0.05) is 44.5 Å². The van der Waals surface area contributed by atoms with Crippen LogP contribution in [0.2, 0.25) is 0 Å². The molecule has 2 N–H and O–H groups in total. The highest BCUT2D eigenvalue weighted by Gasteiger charge is 2.25. The average Bonchev–Trinajstić information content (AvgIpc) is 2.79. The Bertz CT molecular complexity index is 951. The minimum atomic E-state index is -0.417. The number of methoxy groups -OCH3 is 1. The number of halogens is 1. The Balaban J connectivity index is 1.88. The predicted molar refractivity (Wildman–Crippen MR) is 121 cm³/mol. The maximum Gasteiger partial charge on any atom is 0.257 e. The predicted octanol–water partition coefficient (Wildman–Crippen LogP) is 3.17. The van der Waals surface area contributed by atoms with Crippen LogP contribution in [0.3, 0.4) is 0 Å². The maximum absolute atomic E-state index is 13.3. The van der Waals surface area contributed by atoms with Crippen molar-refractivity contribution in [2.45, 2.75) is 26.0 Å². The van der Waals surface area contributed by atoms with Crippen LogP contribution in [0.1, 0.15) is 34.6 Å². The Hall–Kier alpha value is -2.97. The molecule has 8 heteroatoms. The number of hydrogen-bond acceptors (Lipinski definition) is 5. The molecule has 1 aliphatic heterocycles. The number of rotatable bonds is 3. The van der Waals surface area contributed by atoms with Crippen molar-refractivity contribution < 1.29 is 23.5 Å². The molecule has 0 bridgehead atoms. The van der Waals surface area contributed by atoms with Gasteiger partial charge in [0.2, 0.25) is 0 Å². The summed E-state index contributed by atoms with van der Waals surface area (Å²) < 4.78 is 24.7. The van der Waals surface area contributed by atoms with E-state index in [1.54, 1.807) is 37.3 Å². The van der Waals surface area contributed by atoms with Gasteiger partial charge in [-0.15, -0.1) is 0 Å². The van der Waals surface area contributed by atoms with Gasteiger partial charge in [-0.05, 0) is 55.3 Å². The zero-order valence-corrected chi connectivity index (χ0v) is 18.9. The quantitative estimate of drug-likeness (QED) is 0.762. The van der Waals surface area contributed by atoms with Crippen LogP contribution in [0.15, 0.2) is 42.5 Å². The molecule has 3 atom stereocenters. The molecular formula is C24H30FN3O4. The molecule has 1 heterocycles. The fraction of sp³-hybridized carbons (Fsp3) is 0.417. The Morgan fingerprint density at radius 1 is 1.22 bits per heavy atom. The maximum atomic E-state index is 13.3. The Kier molecular flexibility index (Phi) is 7.82. The van der Waals surface area contributed by atoms with Crippen LogP contribution in [-0.4, -0.2) is 62.7 Å². The zero-order valence-electron chi connectivity index (χ0n) is 18.9. The molecule has 2 aromatic rings. The summed E-state index contributed by atoms with van der Waals surface area (Å²) in [6.07, 6.45) is -0.131. The second-order valence-electron chi connectivity index (χ2n) is 8.23. The summed E-state index contributed by atoms with van der Waals surface area (Å²) in [6, 6.07) is 10.3. The van der Waals surface area contributed by atoms with E-state index in [4.69, 9.17) is 9.47 Å². The van der Waals surface area contributed by atoms with E-state index in [2.05, 4.69) is 17.6 Å². The van der Waals surface area contributed by atoms with Gasteiger partial charge < -0.3 is 25.0 Å². The molecule has 2 aromatic carbocycles. The molecule has 3 rings (SSSR count). The molecule has 0 radical (unpaired) electrons. The van der Waals surface area contributed by atoms with Crippen LogP contribution in [0.4, 0.5) is 10.1 Å². The lowest BCUT2D eigenvalue weighted by Crippen LogP contribution is -2.44. The summed E-state index contributed by atoms with van der Waals surface area (Å²) in [5.74, 6) is -0.408. The molecule has 0 aliphatic carbocycles. The normalized spacial score (nSPS) is 22.2. The third-order valence-electron chi connectivity index (χ3n) is 5.59. The number of carbonyl (C=O) groups is 2. The highest BCUT2D eigenvalue weighted by atomic mass is 19.1. The molecular weight excluding hydrogens is 413 g/mol. The van der Waals surface area contributed by atoms with Crippen molar-refractivity contribution in [2.75, 3.05) is 39.2 Å². The first-order valence-corrected chi connectivity index (χ1v) is 10.6. The van der Waals surface area contributed by atoms with Gasteiger partial charge in [0.05, 0.1) is 11.7 Å². The molecule has 0 fully saturated rings. The van der Waals surface area contributed by atoms with Gasteiger partial charge in [0.15, 0.2) is 0 Å². The number of amides is 2. The highest BCUT2D eigenvalue weighted by molar-refractivity contribution is 6.05. The van der Waals surface area contributed by atoms with E-state index in [-0.39, 0.29) is 24.0 Å². The summed E-state index contributed by atoms with van der Waals surface area (Å²) in [5, 5.41) is 6.20. The van der Waals surface area contributed by atoms with E-state index in [0.717, 1.165) is 6.54 Å². The van der Waals surface area contributed by atoms with Gasteiger partial charge in [-0.1, -0.05) is 6.92 Å². The lowest BCUT2D eigenvalue weighted by molar-refractivity contribution is 0.0281. The van der Waals surface area contributed by atoms with Crippen LogP contribution >= 0.6 is 0 Å². The molecule has 32 heavy (non-hydrogen) atoms. The minimum Gasteiger partial charge on any atom is -0.491 e. The third-order valence-corrected chi connectivity index (χ3v) is 5.59. The van der Waals surface area contributed by atoms with Crippen molar-refractivity contribution in [3.05, 3.63) is 59.4 Å². The molecule has 0 saturated heterocycles. The van der Waals surface area contributed by atoms with Gasteiger partial charge in [-0.2, -0.15) is 0 Å². The first kappa shape index (κ1) is 23.7. The number of ether oxygens (including phenoxy) is 2. The number of benzene rings is 2. The number of fused-ring (bicyclic) bond motifs is 1. The first-order chi connectivity index (χ1) is 15.3. The van der Waals surface area contributed by atoms with E-state index in [1.165, 1.54) is 24.3 Å². The van der Waals surface area contributed by atoms with Gasteiger partial charge in [0.1, 0.15) is 18.2 Å². The minimum absolute atomic E-state index is 0.0768. The standard InChI is InChI=1S/C24H30FN3O4/c1-15-12-26-16(2)14-32-21-10-9-19(27-23(29)17-5-7-18(25)8-6-17)11-20(21)24(30)28(3)13-22(15)31-4/h5-11,15-16,22,26H,12-14H2,1-4H3,(H,27,29)/t15-,16+,22-/m1/s1. The van der Waals surface area contributed by atoms with Crippen LogP contribution < -0.4 is 15.4 Å². The lowest BCUT2D eigenvalue weighted by atomic mass is 10.0. The summed E-state index contributed by atoms with van der Waals surface area (Å²) in [7, 11) is 3.37. The molecule has 0 saturated carbocycles. The summed E-state index contributed by atoms with van der Waals surface area (Å²) >= 11 is 0. The van der Waals surface area contributed by atoms with E-state index < -0.39 is 11.7 Å². The van der Waals surface area contributed by atoms with E-state index in [1.807, 2.05) is 6.92 Å². The second kappa shape index (κ2) is 10.6. The topological polar surface area (TPSA) is 79.9 Å². The van der Waals surface area contributed by atoms with Gasteiger partial charge >= 0.3 is 0 Å². The smallest absolute Gasteiger partial charge is 0.257 e. The second-order valence-corrected chi connectivity index (χ2v) is 8.23. The zero-order chi connectivity index (χ0) is 23.3. The fourth-order valence-corrected chi connectivity index (χ4v) is 3.54. The molecule has 0 aromatic heterocycles. The number of anilines is 1. The average molecular weight is 444 g/mol. The number of likely N-dealkylation sites (N-methyl/N-ethyl adjacent to an activating group) is 1. The molecule has 1 aliphatic rings. The fourth-order valence-electron chi connectivity index (χ4n) is 3.54. The molecule has 0 spiro atoms. The van der Waals surface area contributed by atoms with Crippen LogP contribution in [0.5, 0.6) is 5.75 Å². The first-order valence-electron chi connectivity index (χ1n) is 10.6. The van der Waals surface area contributed by atoms with Gasteiger partial charge in [-0.25, -0.2) is 4.39 Å². The van der Waals surface area contributed by atoms with Crippen LogP contribution in [-0.2, 0) is 4.74 Å².